The molecule has 2 nitrogen and oxygen atoms in total. The molecule has 0 saturated carbocycles. The van der Waals surface area contributed by atoms with Crippen LogP contribution < -0.4 is 0 Å². The Bertz CT molecular complexity index is 855. The van der Waals surface area contributed by atoms with Crippen molar-refractivity contribution in [3.63, 3.8) is 0 Å². The highest BCUT2D eigenvalue weighted by Gasteiger charge is 2.28. The third-order valence-electron chi connectivity index (χ3n) is 4.74. The van der Waals surface area contributed by atoms with E-state index in [1.165, 1.54) is 22.7 Å². The number of aromatic nitrogens is 2. The second kappa shape index (κ2) is 6.10. The van der Waals surface area contributed by atoms with Crippen molar-refractivity contribution in [1.29, 1.82) is 0 Å². The Balaban J connectivity index is 1.93. The molecule has 24 heavy (non-hydrogen) atoms. The van der Waals surface area contributed by atoms with Crippen LogP contribution in [0, 0.1) is 11.7 Å². The standard InChI is InChI=1S/C20H19FN2S/c1-13-11-23-12-18(15-3-5-17(21)6-4-15)19(20(23)24-14(13)2)16-7-9-22-10-8-16/h3-10,12-14H,11H2,1-2H3. The molecule has 1 aliphatic heterocycles. The van der Waals surface area contributed by atoms with Crippen molar-refractivity contribution in [2.24, 2.45) is 5.92 Å². The minimum absolute atomic E-state index is 0.204. The maximum absolute atomic E-state index is 13.3. The summed E-state index contributed by atoms with van der Waals surface area (Å²) in [5, 5.41) is 1.88. The van der Waals surface area contributed by atoms with Crippen molar-refractivity contribution >= 4 is 11.8 Å². The van der Waals surface area contributed by atoms with E-state index in [2.05, 4.69) is 29.6 Å². The van der Waals surface area contributed by atoms with Crippen molar-refractivity contribution in [3.05, 3.63) is 60.8 Å². The molecule has 4 rings (SSSR count). The largest absolute Gasteiger partial charge is 0.341 e. The Morgan fingerprint density at radius 1 is 1.04 bits per heavy atom. The first kappa shape index (κ1) is 15.5. The van der Waals surface area contributed by atoms with Crippen LogP contribution in [-0.4, -0.2) is 14.8 Å². The predicted molar refractivity (Wildman–Crippen MR) is 97.5 cm³/mol. The number of benzene rings is 1. The first-order valence-corrected chi connectivity index (χ1v) is 9.07. The van der Waals surface area contributed by atoms with Gasteiger partial charge in [-0.25, -0.2) is 4.39 Å². The molecule has 1 aromatic carbocycles. The number of hydrogen-bond acceptors (Lipinski definition) is 2. The molecule has 0 amide bonds. The molecule has 0 spiro atoms. The number of nitrogens with zero attached hydrogens (tertiary/aromatic N) is 2. The number of hydrogen-bond donors (Lipinski definition) is 0. The van der Waals surface area contributed by atoms with Gasteiger partial charge in [-0.15, -0.1) is 11.8 Å². The smallest absolute Gasteiger partial charge is 0.123 e. The van der Waals surface area contributed by atoms with E-state index >= 15 is 0 Å². The molecule has 1 aliphatic rings. The van der Waals surface area contributed by atoms with Crippen molar-refractivity contribution in [2.45, 2.75) is 30.7 Å². The van der Waals surface area contributed by atoms with Crippen LogP contribution in [0.4, 0.5) is 4.39 Å². The molecule has 0 N–H and O–H groups in total. The SMILES string of the molecule is CC1Cn2cc(-c3ccc(F)cc3)c(-c3ccncc3)c2SC1C. The molecule has 4 heteroatoms. The Morgan fingerprint density at radius 3 is 2.46 bits per heavy atom. The molecular weight excluding hydrogens is 319 g/mol. The maximum Gasteiger partial charge on any atom is 0.123 e. The normalized spacial score (nSPS) is 20.0. The van der Waals surface area contributed by atoms with Gasteiger partial charge in [0.2, 0.25) is 0 Å². The van der Waals surface area contributed by atoms with E-state index in [1.54, 1.807) is 0 Å². The molecule has 0 radical (unpaired) electrons. The zero-order valence-electron chi connectivity index (χ0n) is 13.7. The van der Waals surface area contributed by atoms with Crippen LogP contribution in [0.3, 0.4) is 0 Å². The first-order chi connectivity index (χ1) is 11.6. The summed E-state index contributed by atoms with van der Waals surface area (Å²) in [6.45, 7) is 5.60. The molecule has 2 unspecified atom stereocenters. The summed E-state index contributed by atoms with van der Waals surface area (Å²) in [6.07, 6.45) is 5.87. The number of halogens is 1. The maximum atomic E-state index is 13.3. The lowest BCUT2D eigenvalue weighted by molar-refractivity contribution is 0.445. The lowest BCUT2D eigenvalue weighted by Gasteiger charge is -2.28. The van der Waals surface area contributed by atoms with E-state index in [0.29, 0.717) is 11.2 Å². The average Bonchev–Trinajstić information content (AvgIpc) is 2.95. The number of thioether (sulfide) groups is 1. The lowest BCUT2D eigenvalue weighted by Crippen LogP contribution is -2.22. The number of fused-ring (bicyclic) bond motifs is 1. The fourth-order valence-corrected chi connectivity index (χ4v) is 4.48. The molecule has 3 heterocycles. The van der Waals surface area contributed by atoms with E-state index in [4.69, 9.17) is 0 Å². The minimum atomic E-state index is -0.204. The van der Waals surface area contributed by atoms with E-state index < -0.39 is 0 Å². The van der Waals surface area contributed by atoms with Gasteiger partial charge in [0.1, 0.15) is 5.82 Å². The van der Waals surface area contributed by atoms with Gasteiger partial charge in [0.25, 0.3) is 0 Å². The second-order valence-corrected chi connectivity index (χ2v) is 7.78. The molecular formula is C20H19FN2S. The van der Waals surface area contributed by atoms with Crippen molar-refractivity contribution in [3.8, 4) is 22.3 Å². The summed E-state index contributed by atoms with van der Waals surface area (Å²) in [5.41, 5.74) is 4.59. The van der Waals surface area contributed by atoms with Crippen LogP contribution in [0.5, 0.6) is 0 Å². The average molecular weight is 338 g/mol. The van der Waals surface area contributed by atoms with Gasteiger partial charge in [0.15, 0.2) is 0 Å². The third-order valence-corrected chi connectivity index (χ3v) is 6.24. The van der Waals surface area contributed by atoms with Gasteiger partial charge in [0, 0.05) is 41.5 Å². The van der Waals surface area contributed by atoms with Gasteiger partial charge in [-0.1, -0.05) is 26.0 Å². The zero-order valence-corrected chi connectivity index (χ0v) is 14.6. The fraction of sp³-hybridized carbons (Fsp3) is 0.250. The summed E-state index contributed by atoms with van der Waals surface area (Å²) in [5.74, 6) is 0.422. The van der Waals surface area contributed by atoms with Gasteiger partial charge >= 0.3 is 0 Å². The number of rotatable bonds is 2. The molecule has 3 aromatic rings. The first-order valence-electron chi connectivity index (χ1n) is 8.19. The zero-order chi connectivity index (χ0) is 16.7. The van der Waals surface area contributed by atoms with Crippen LogP contribution in [0.1, 0.15) is 13.8 Å². The van der Waals surface area contributed by atoms with Gasteiger partial charge < -0.3 is 4.57 Å². The van der Waals surface area contributed by atoms with E-state index in [0.717, 1.165) is 23.2 Å². The second-order valence-electron chi connectivity index (χ2n) is 6.42. The van der Waals surface area contributed by atoms with E-state index in [1.807, 2.05) is 48.4 Å². The van der Waals surface area contributed by atoms with Crippen LogP contribution in [-0.2, 0) is 6.54 Å². The van der Waals surface area contributed by atoms with Crippen molar-refractivity contribution < 1.29 is 4.39 Å². The monoisotopic (exact) mass is 338 g/mol. The summed E-state index contributed by atoms with van der Waals surface area (Å²) >= 11 is 1.93. The van der Waals surface area contributed by atoms with E-state index in [9.17, 15) is 4.39 Å². The highest BCUT2D eigenvalue weighted by atomic mass is 32.2. The Morgan fingerprint density at radius 2 is 1.75 bits per heavy atom. The van der Waals surface area contributed by atoms with Crippen molar-refractivity contribution in [1.82, 2.24) is 9.55 Å². The van der Waals surface area contributed by atoms with Crippen LogP contribution >= 0.6 is 11.8 Å². The van der Waals surface area contributed by atoms with Gasteiger partial charge in [-0.2, -0.15) is 0 Å². The molecule has 0 aliphatic carbocycles. The molecule has 2 atom stereocenters. The van der Waals surface area contributed by atoms with E-state index in [-0.39, 0.29) is 5.82 Å². The predicted octanol–water partition coefficient (Wildman–Crippen LogP) is 5.49. The Kier molecular flexibility index (Phi) is 3.93. The highest BCUT2D eigenvalue weighted by Crippen LogP contribution is 2.46. The summed E-state index contributed by atoms with van der Waals surface area (Å²) in [6, 6.07) is 10.9. The minimum Gasteiger partial charge on any atom is -0.341 e. The quantitative estimate of drug-likeness (QED) is 0.615. The topological polar surface area (TPSA) is 17.8 Å². The molecule has 2 aromatic heterocycles. The Hall–Kier alpha value is -2.07. The summed E-state index contributed by atoms with van der Waals surface area (Å²) in [4.78, 5) is 4.15. The van der Waals surface area contributed by atoms with Crippen LogP contribution in [0.25, 0.3) is 22.3 Å². The number of pyridine rings is 1. The molecule has 0 bridgehead atoms. The summed E-state index contributed by atoms with van der Waals surface area (Å²) in [7, 11) is 0. The molecule has 0 fully saturated rings. The lowest BCUT2D eigenvalue weighted by atomic mass is 10.00. The van der Waals surface area contributed by atoms with Crippen LogP contribution in [0.2, 0.25) is 0 Å². The van der Waals surface area contributed by atoms with Crippen molar-refractivity contribution in [2.75, 3.05) is 0 Å². The fourth-order valence-electron chi connectivity index (χ4n) is 3.20. The van der Waals surface area contributed by atoms with Gasteiger partial charge in [0.05, 0.1) is 5.03 Å². The summed E-state index contributed by atoms with van der Waals surface area (Å²) < 4.78 is 15.7. The van der Waals surface area contributed by atoms with Crippen LogP contribution in [0.15, 0.2) is 60.0 Å². The molecule has 0 saturated heterocycles. The van der Waals surface area contributed by atoms with Gasteiger partial charge in [-0.3, -0.25) is 4.98 Å². The van der Waals surface area contributed by atoms with Gasteiger partial charge in [-0.05, 0) is 41.3 Å². The Labute approximate surface area is 145 Å². The third kappa shape index (κ3) is 2.65. The highest BCUT2D eigenvalue weighted by molar-refractivity contribution is 8.00. The molecule has 122 valence electrons.